The van der Waals surface area contributed by atoms with Gasteiger partial charge >= 0.3 is 0 Å². The first-order valence-electron chi connectivity index (χ1n) is 5.19. The van der Waals surface area contributed by atoms with Gasteiger partial charge in [-0.25, -0.2) is 0 Å². The van der Waals surface area contributed by atoms with E-state index in [0.29, 0.717) is 11.6 Å². The molecule has 1 unspecified atom stereocenters. The van der Waals surface area contributed by atoms with Crippen molar-refractivity contribution in [2.24, 2.45) is 7.05 Å². The standard InChI is InChI=1S/C12H13ClN2O/c1-8(5-6-16)9-3-4-10-11(7-9)15(2)14-12(10)13/h3-4,6-8H,5H2,1-2H3. The number of nitrogens with zero attached hydrogens (tertiary/aromatic N) is 2. The summed E-state index contributed by atoms with van der Waals surface area (Å²) < 4.78 is 1.76. The molecule has 1 heterocycles. The lowest BCUT2D eigenvalue weighted by Crippen LogP contribution is -1.95. The normalized spacial score (nSPS) is 12.9. The van der Waals surface area contributed by atoms with Crippen LogP contribution in [-0.4, -0.2) is 16.1 Å². The SMILES string of the molecule is CC(CC=O)c1ccc2c(Cl)nn(C)c2c1. The van der Waals surface area contributed by atoms with Crippen molar-refractivity contribution in [3.63, 3.8) is 0 Å². The molecule has 0 bridgehead atoms. The van der Waals surface area contributed by atoms with Crippen molar-refractivity contribution in [3.05, 3.63) is 28.9 Å². The zero-order valence-corrected chi connectivity index (χ0v) is 10.0. The maximum atomic E-state index is 10.5. The molecule has 4 heteroatoms. The van der Waals surface area contributed by atoms with Crippen molar-refractivity contribution < 1.29 is 4.79 Å². The minimum Gasteiger partial charge on any atom is -0.303 e. The molecule has 0 saturated carbocycles. The molecule has 0 N–H and O–H groups in total. The maximum absolute atomic E-state index is 10.5. The van der Waals surface area contributed by atoms with E-state index >= 15 is 0 Å². The molecule has 0 aliphatic carbocycles. The van der Waals surface area contributed by atoms with E-state index < -0.39 is 0 Å². The van der Waals surface area contributed by atoms with Gasteiger partial charge in [0.15, 0.2) is 5.15 Å². The van der Waals surface area contributed by atoms with Gasteiger partial charge in [-0.1, -0.05) is 24.6 Å². The van der Waals surface area contributed by atoms with Gasteiger partial charge < -0.3 is 4.79 Å². The second-order valence-corrected chi connectivity index (χ2v) is 4.35. The minimum atomic E-state index is 0.232. The molecule has 0 spiro atoms. The molecular weight excluding hydrogens is 224 g/mol. The summed E-state index contributed by atoms with van der Waals surface area (Å²) >= 11 is 5.98. The number of hydrogen-bond donors (Lipinski definition) is 0. The van der Waals surface area contributed by atoms with Gasteiger partial charge in [-0.3, -0.25) is 4.68 Å². The summed E-state index contributed by atoms with van der Waals surface area (Å²) in [6, 6.07) is 6.01. The molecule has 1 aromatic carbocycles. The summed E-state index contributed by atoms with van der Waals surface area (Å²) in [4.78, 5) is 10.5. The summed E-state index contributed by atoms with van der Waals surface area (Å²) in [6.45, 7) is 2.04. The number of hydrogen-bond acceptors (Lipinski definition) is 2. The first-order chi connectivity index (χ1) is 7.63. The van der Waals surface area contributed by atoms with Crippen molar-refractivity contribution >= 4 is 28.8 Å². The predicted octanol–water partition coefficient (Wildman–Crippen LogP) is 2.92. The highest BCUT2D eigenvalue weighted by Gasteiger charge is 2.10. The van der Waals surface area contributed by atoms with Gasteiger partial charge in [0.2, 0.25) is 0 Å². The van der Waals surface area contributed by atoms with E-state index in [-0.39, 0.29) is 5.92 Å². The highest BCUT2D eigenvalue weighted by Crippen LogP contribution is 2.26. The highest BCUT2D eigenvalue weighted by atomic mass is 35.5. The smallest absolute Gasteiger partial charge is 0.158 e. The van der Waals surface area contributed by atoms with Gasteiger partial charge in [0.05, 0.1) is 5.52 Å². The maximum Gasteiger partial charge on any atom is 0.158 e. The van der Waals surface area contributed by atoms with E-state index in [9.17, 15) is 4.79 Å². The molecule has 2 rings (SSSR count). The summed E-state index contributed by atoms with van der Waals surface area (Å²) in [7, 11) is 1.86. The summed E-state index contributed by atoms with van der Waals surface area (Å²) in [6.07, 6.45) is 1.49. The van der Waals surface area contributed by atoms with E-state index in [2.05, 4.69) is 5.10 Å². The van der Waals surface area contributed by atoms with Gasteiger partial charge in [-0.2, -0.15) is 5.10 Å². The predicted molar refractivity (Wildman–Crippen MR) is 64.8 cm³/mol. The van der Waals surface area contributed by atoms with Crippen LogP contribution in [0.4, 0.5) is 0 Å². The topological polar surface area (TPSA) is 34.9 Å². The first-order valence-corrected chi connectivity index (χ1v) is 5.57. The van der Waals surface area contributed by atoms with Crippen LogP contribution in [0.5, 0.6) is 0 Å². The van der Waals surface area contributed by atoms with Crippen molar-refractivity contribution in [2.45, 2.75) is 19.3 Å². The zero-order chi connectivity index (χ0) is 11.7. The van der Waals surface area contributed by atoms with Crippen LogP contribution in [0, 0.1) is 0 Å². The average molecular weight is 237 g/mol. The Morgan fingerprint density at radius 2 is 2.31 bits per heavy atom. The third-order valence-electron chi connectivity index (χ3n) is 2.85. The third-order valence-corrected chi connectivity index (χ3v) is 3.13. The van der Waals surface area contributed by atoms with Crippen molar-refractivity contribution in [1.82, 2.24) is 9.78 Å². The van der Waals surface area contributed by atoms with E-state index in [1.165, 1.54) is 0 Å². The number of aldehydes is 1. The number of carbonyl (C=O) groups excluding carboxylic acids is 1. The third kappa shape index (κ3) is 1.83. The van der Waals surface area contributed by atoms with E-state index in [0.717, 1.165) is 22.8 Å². The largest absolute Gasteiger partial charge is 0.303 e. The number of aryl methyl sites for hydroxylation is 1. The van der Waals surface area contributed by atoms with Gasteiger partial charge in [-0.05, 0) is 23.6 Å². The molecule has 2 aromatic rings. The monoisotopic (exact) mass is 236 g/mol. The second kappa shape index (κ2) is 4.26. The molecule has 1 aromatic heterocycles. The summed E-state index contributed by atoms with van der Waals surface area (Å²) in [5, 5.41) is 5.62. The summed E-state index contributed by atoms with van der Waals surface area (Å²) in [5.41, 5.74) is 2.14. The molecule has 0 fully saturated rings. The molecule has 84 valence electrons. The fourth-order valence-corrected chi connectivity index (χ4v) is 2.09. The zero-order valence-electron chi connectivity index (χ0n) is 9.27. The Kier molecular flexibility index (Phi) is 2.97. The number of aromatic nitrogens is 2. The fraction of sp³-hybridized carbons (Fsp3) is 0.333. The molecule has 0 radical (unpaired) electrons. The number of benzene rings is 1. The van der Waals surface area contributed by atoms with Crippen molar-refractivity contribution in [2.75, 3.05) is 0 Å². The molecular formula is C12H13ClN2O. The molecule has 0 aliphatic rings. The Morgan fingerprint density at radius 3 is 3.00 bits per heavy atom. The first kappa shape index (κ1) is 11.1. The Balaban J connectivity index is 2.51. The van der Waals surface area contributed by atoms with Crippen LogP contribution in [0.3, 0.4) is 0 Å². The van der Waals surface area contributed by atoms with Crippen LogP contribution in [-0.2, 0) is 11.8 Å². The lowest BCUT2D eigenvalue weighted by atomic mass is 9.98. The van der Waals surface area contributed by atoms with E-state index in [4.69, 9.17) is 11.6 Å². The van der Waals surface area contributed by atoms with Gasteiger partial charge in [0.25, 0.3) is 0 Å². The van der Waals surface area contributed by atoms with Crippen LogP contribution >= 0.6 is 11.6 Å². The number of fused-ring (bicyclic) bond motifs is 1. The molecule has 1 atom stereocenters. The van der Waals surface area contributed by atoms with E-state index in [1.807, 2.05) is 32.2 Å². The lowest BCUT2D eigenvalue weighted by Gasteiger charge is -2.08. The number of halogens is 1. The van der Waals surface area contributed by atoms with Gasteiger partial charge in [-0.15, -0.1) is 0 Å². The number of carbonyl (C=O) groups is 1. The highest BCUT2D eigenvalue weighted by molar-refractivity contribution is 6.34. The Hall–Kier alpha value is -1.35. The van der Waals surface area contributed by atoms with Crippen LogP contribution in [0.15, 0.2) is 18.2 Å². The number of rotatable bonds is 3. The average Bonchev–Trinajstić information content (AvgIpc) is 2.55. The Labute approximate surface area is 99.0 Å². The molecule has 3 nitrogen and oxygen atoms in total. The van der Waals surface area contributed by atoms with Crippen LogP contribution < -0.4 is 0 Å². The van der Waals surface area contributed by atoms with Crippen LogP contribution in [0.2, 0.25) is 5.15 Å². The van der Waals surface area contributed by atoms with Crippen LogP contribution in [0.1, 0.15) is 24.8 Å². The molecule has 0 aliphatic heterocycles. The van der Waals surface area contributed by atoms with Crippen molar-refractivity contribution in [1.29, 1.82) is 0 Å². The molecule has 16 heavy (non-hydrogen) atoms. The summed E-state index contributed by atoms with van der Waals surface area (Å²) in [5.74, 6) is 0.232. The Bertz CT molecular complexity index is 533. The lowest BCUT2D eigenvalue weighted by molar-refractivity contribution is -0.108. The van der Waals surface area contributed by atoms with Crippen molar-refractivity contribution in [3.8, 4) is 0 Å². The quantitative estimate of drug-likeness (QED) is 0.768. The van der Waals surface area contributed by atoms with Gasteiger partial charge in [0.1, 0.15) is 6.29 Å². The second-order valence-electron chi connectivity index (χ2n) is 3.99. The molecule has 0 amide bonds. The van der Waals surface area contributed by atoms with E-state index in [1.54, 1.807) is 4.68 Å². The van der Waals surface area contributed by atoms with Crippen LogP contribution in [0.25, 0.3) is 10.9 Å². The Morgan fingerprint density at radius 1 is 1.56 bits per heavy atom. The fourth-order valence-electron chi connectivity index (χ4n) is 1.82. The molecule has 0 saturated heterocycles. The minimum absolute atomic E-state index is 0.232. The van der Waals surface area contributed by atoms with Gasteiger partial charge in [0, 0.05) is 18.9 Å².